The van der Waals surface area contributed by atoms with E-state index < -0.39 is 0 Å². The van der Waals surface area contributed by atoms with Gasteiger partial charge in [0.2, 0.25) is 0 Å². The first kappa shape index (κ1) is 9.30. The lowest BCUT2D eigenvalue weighted by Gasteiger charge is -1.94. The average molecular weight is 166 g/mol. The zero-order valence-electron chi connectivity index (χ0n) is 8.52. The lowest BCUT2D eigenvalue weighted by Crippen LogP contribution is -1.93. The molecular weight excluding hydrogens is 148 g/mol. The van der Waals surface area contributed by atoms with Crippen molar-refractivity contribution in [2.45, 2.75) is 40.0 Å². The van der Waals surface area contributed by atoms with Gasteiger partial charge >= 0.3 is 0 Å². The summed E-state index contributed by atoms with van der Waals surface area (Å²) in [5.41, 5.74) is 3.93. The maximum absolute atomic E-state index is 4.46. The smallest absolute Gasteiger partial charge is 0.0656 e. The van der Waals surface area contributed by atoms with Gasteiger partial charge in [0.25, 0.3) is 0 Å². The summed E-state index contributed by atoms with van der Waals surface area (Å²) in [7, 11) is 2.01. The maximum atomic E-state index is 4.46. The molecule has 0 aliphatic carbocycles. The molecule has 1 aromatic heterocycles. The molecule has 0 bridgehead atoms. The second-order valence-electron chi connectivity index (χ2n) is 3.38. The standard InChI is InChI=1S/C10H18N2/c1-5-6-7-10-8(2)9(3)12(4)11-10/h5-7H2,1-4H3. The van der Waals surface area contributed by atoms with Gasteiger partial charge in [-0.05, 0) is 32.3 Å². The van der Waals surface area contributed by atoms with Crippen LogP contribution < -0.4 is 0 Å². The van der Waals surface area contributed by atoms with E-state index in [0.29, 0.717) is 0 Å². The largest absolute Gasteiger partial charge is 0.272 e. The minimum atomic E-state index is 1.13. The SMILES string of the molecule is CCCCc1nn(C)c(C)c1C. The molecule has 0 atom stereocenters. The van der Waals surface area contributed by atoms with Crippen LogP contribution in [0, 0.1) is 13.8 Å². The molecule has 2 nitrogen and oxygen atoms in total. The van der Waals surface area contributed by atoms with Gasteiger partial charge in [-0.3, -0.25) is 4.68 Å². The van der Waals surface area contributed by atoms with Crippen molar-refractivity contribution in [3.63, 3.8) is 0 Å². The Balaban J connectivity index is 2.79. The highest BCUT2D eigenvalue weighted by Crippen LogP contribution is 2.13. The summed E-state index contributed by atoms with van der Waals surface area (Å²) in [6.07, 6.45) is 3.62. The molecule has 2 heteroatoms. The van der Waals surface area contributed by atoms with E-state index >= 15 is 0 Å². The van der Waals surface area contributed by atoms with Crippen LogP contribution in [0.2, 0.25) is 0 Å². The summed E-state index contributed by atoms with van der Waals surface area (Å²) >= 11 is 0. The van der Waals surface area contributed by atoms with E-state index in [9.17, 15) is 0 Å². The Labute approximate surface area is 74.6 Å². The van der Waals surface area contributed by atoms with E-state index in [1.54, 1.807) is 0 Å². The average Bonchev–Trinajstić information content (AvgIpc) is 2.30. The van der Waals surface area contributed by atoms with E-state index in [2.05, 4.69) is 25.9 Å². The molecule has 0 aromatic carbocycles. The molecule has 1 aromatic rings. The molecule has 0 aliphatic rings. The van der Waals surface area contributed by atoms with Crippen LogP contribution in [0.25, 0.3) is 0 Å². The predicted molar refractivity (Wildman–Crippen MR) is 51.3 cm³/mol. The summed E-state index contributed by atoms with van der Waals surface area (Å²) < 4.78 is 1.97. The van der Waals surface area contributed by atoms with Crippen molar-refractivity contribution in [1.29, 1.82) is 0 Å². The van der Waals surface area contributed by atoms with Gasteiger partial charge < -0.3 is 0 Å². The molecule has 0 saturated heterocycles. The molecule has 0 unspecified atom stereocenters. The van der Waals surface area contributed by atoms with E-state index in [0.717, 1.165) is 6.42 Å². The van der Waals surface area contributed by atoms with Gasteiger partial charge in [0.1, 0.15) is 0 Å². The van der Waals surface area contributed by atoms with E-state index in [-0.39, 0.29) is 0 Å². The van der Waals surface area contributed by atoms with Crippen LogP contribution in [0.3, 0.4) is 0 Å². The van der Waals surface area contributed by atoms with Crippen molar-refractivity contribution >= 4 is 0 Å². The summed E-state index contributed by atoms with van der Waals surface area (Å²) in [5.74, 6) is 0. The second-order valence-corrected chi connectivity index (χ2v) is 3.38. The highest BCUT2D eigenvalue weighted by Gasteiger charge is 2.06. The Morgan fingerprint density at radius 2 is 2.00 bits per heavy atom. The maximum Gasteiger partial charge on any atom is 0.0656 e. The van der Waals surface area contributed by atoms with Gasteiger partial charge in [0.15, 0.2) is 0 Å². The third-order valence-electron chi connectivity index (χ3n) is 2.50. The highest BCUT2D eigenvalue weighted by molar-refractivity contribution is 5.23. The molecule has 68 valence electrons. The molecule has 1 rings (SSSR count). The third kappa shape index (κ3) is 1.68. The summed E-state index contributed by atoms with van der Waals surface area (Å²) in [6, 6.07) is 0. The van der Waals surface area contributed by atoms with Crippen LogP contribution in [-0.2, 0) is 13.5 Å². The van der Waals surface area contributed by atoms with Crippen LogP contribution in [0.1, 0.15) is 36.7 Å². The monoisotopic (exact) mass is 166 g/mol. The zero-order chi connectivity index (χ0) is 9.14. The van der Waals surface area contributed by atoms with E-state index in [1.165, 1.54) is 29.8 Å². The lowest BCUT2D eigenvalue weighted by atomic mass is 10.1. The summed E-state index contributed by atoms with van der Waals surface area (Å²) in [4.78, 5) is 0. The van der Waals surface area contributed by atoms with Crippen molar-refractivity contribution in [1.82, 2.24) is 9.78 Å². The fraction of sp³-hybridized carbons (Fsp3) is 0.700. The van der Waals surface area contributed by atoms with Gasteiger partial charge in [-0.15, -0.1) is 0 Å². The van der Waals surface area contributed by atoms with Crippen LogP contribution in [0.5, 0.6) is 0 Å². The minimum Gasteiger partial charge on any atom is -0.272 e. The molecule has 0 radical (unpaired) electrons. The number of aryl methyl sites for hydroxylation is 2. The molecule has 0 spiro atoms. The minimum absolute atomic E-state index is 1.13. The fourth-order valence-electron chi connectivity index (χ4n) is 1.36. The highest BCUT2D eigenvalue weighted by atomic mass is 15.3. The normalized spacial score (nSPS) is 10.7. The Hall–Kier alpha value is -0.790. The Morgan fingerprint density at radius 1 is 1.33 bits per heavy atom. The number of aromatic nitrogens is 2. The molecule has 0 saturated carbocycles. The molecule has 0 N–H and O–H groups in total. The number of unbranched alkanes of at least 4 members (excludes halogenated alkanes) is 1. The molecule has 0 fully saturated rings. The van der Waals surface area contributed by atoms with E-state index in [4.69, 9.17) is 0 Å². The van der Waals surface area contributed by atoms with Crippen molar-refractivity contribution in [3.05, 3.63) is 17.0 Å². The first-order valence-electron chi connectivity index (χ1n) is 4.66. The van der Waals surface area contributed by atoms with Crippen LogP contribution in [0.4, 0.5) is 0 Å². The predicted octanol–water partition coefficient (Wildman–Crippen LogP) is 2.38. The van der Waals surface area contributed by atoms with E-state index in [1.807, 2.05) is 11.7 Å². The summed E-state index contributed by atoms with van der Waals surface area (Å²) in [5, 5.41) is 4.46. The second kappa shape index (κ2) is 3.74. The van der Waals surface area contributed by atoms with Crippen LogP contribution in [0.15, 0.2) is 0 Å². The van der Waals surface area contributed by atoms with Crippen LogP contribution in [-0.4, -0.2) is 9.78 Å². The fourth-order valence-corrected chi connectivity index (χ4v) is 1.36. The number of nitrogens with zero attached hydrogens (tertiary/aromatic N) is 2. The number of hydrogen-bond donors (Lipinski definition) is 0. The van der Waals surface area contributed by atoms with Gasteiger partial charge in [0, 0.05) is 12.7 Å². The zero-order valence-corrected chi connectivity index (χ0v) is 8.52. The van der Waals surface area contributed by atoms with Crippen LogP contribution >= 0.6 is 0 Å². The van der Waals surface area contributed by atoms with Gasteiger partial charge in [-0.1, -0.05) is 13.3 Å². The van der Waals surface area contributed by atoms with Gasteiger partial charge in [-0.25, -0.2) is 0 Å². The van der Waals surface area contributed by atoms with Crippen molar-refractivity contribution in [2.75, 3.05) is 0 Å². The van der Waals surface area contributed by atoms with Crippen molar-refractivity contribution in [3.8, 4) is 0 Å². The van der Waals surface area contributed by atoms with Crippen molar-refractivity contribution < 1.29 is 0 Å². The lowest BCUT2D eigenvalue weighted by molar-refractivity contribution is 0.700. The molecule has 0 aliphatic heterocycles. The quantitative estimate of drug-likeness (QED) is 0.674. The topological polar surface area (TPSA) is 17.8 Å². The number of rotatable bonds is 3. The first-order chi connectivity index (χ1) is 5.66. The third-order valence-corrected chi connectivity index (χ3v) is 2.50. The van der Waals surface area contributed by atoms with Gasteiger partial charge in [-0.2, -0.15) is 5.10 Å². The molecule has 0 amide bonds. The Morgan fingerprint density at radius 3 is 2.42 bits per heavy atom. The Bertz CT molecular complexity index is 261. The van der Waals surface area contributed by atoms with Crippen molar-refractivity contribution in [2.24, 2.45) is 7.05 Å². The molecular formula is C10H18N2. The summed E-state index contributed by atoms with van der Waals surface area (Å²) in [6.45, 7) is 6.50. The Kier molecular flexibility index (Phi) is 2.90. The van der Waals surface area contributed by atoms with Gasteiger partial charge in [0.05, 0.1) is 5.69 Å². The molecule has 1 heterocycles. The molecule has 12 heavy (non-hydrogen) atoms. The number of hydrogen-bond acceptors (Lipinski definition) is 1. The first-order valence-corrected chi connectivity index (χ1v) is 4.66.